The van der Waals surface area contributed by atoms with Gasteiger partial charge in [-0.2, -0.15) is 0 Å². The van der Waals surface area contributed by atoms with Gasteiger partial charge < -0.3 is 9.73 Å². The zero-order valence-corrected chi connectivity index (χ0v) is 14.6. The van der Waals surface area contributed by atoms with E-state index in [0.717, 1.165) is 21.2 Å². The van der Waals surface area contributed by atoms with Gasteiger partial charge in [0.15, 0.2) is 5.76 Å². The number of nitrogens with zero attached hydrogens (tertiary/aromatic N) is 3. The highest BCUT2D eigenvalue weighted by atomic mass is 79.9. The molecule has 0 bridgehead atoms. The van der Waals surface area contributed by atoms with E-state index in [1.807, 2.05) is 41.1 Å². The number of rotatable bonds is 4. The van der Waals surface area contributed by atoms with Crippen LogP contribution in [-0.2, 0) is 6.54 Å². The van der Waals surface area contributed by atoms with Crippen LogP contribution >= 0.6 is 15.9 Å². The van der Waals surface area contributed by atoms with Gasteiger partial charge in [0.1, 0.15) is 17.7 Å². The van der Waals surface area contributed by atoms with Gasteiger partial charge >= 0.3 is 0 Å². The Hall–Kier alpha value is -2.93. The molecule has 0 aliphatic carbocycles. The van der Waals surface area contributed by atoms with Crippen molar-refractivity contribution in [3.63, 3.8) is 0 Å². The molecule has 6 nitrogen and oxygen atoms in total. The van der Waals surface area contributed by atoms with E-state index in [2.05, 4.69) is 31.2 Å². The second-order valence-corrected chi connectivity index (χ2v) is 6.30. The topological polar surface area (TPSA) is 73.0 Å². The Morgan fingerprint density at radius 3 is 2.92 bits per heavy atom. The normalized spacial score (nSPS) is 10.9. The smallest absolute Gasteiger partial charge is 0.287 e. The Kier molecular flexibility index (Phi) is 4.07. The van der Waals surface area contributed by atoms with Crippen molar-refractivity contribution in [2.45, 2.75) is 6.54 Å². The number of carbonyl (C=O) groups excluding carboxylic acids is 1. The summed E-state index contributed by atoms with van der Waals surface area (Å²) in [5.74, 6) is 0.793. The summed E-state index contributed by atoms with van der Waals surface area (Å²) in [5.41, 5.74) is 1.56. The fraction of sp³-hybridized carbons (Fsp3) is 0.0556. The third-order valence-corrected chi connectivity index (χ3v) is 4.38. The lowest BCUT2D eigenvalue weighted by atomic mass is 10.2. The quantitative estimate of drug-likeness (QED) is 0.570. The highest BCUT2D eigenvalue weighted by Crippen LogP contribution is 2.26. The van der Waals surface area contributed by atoms with Crippen molar-refractivity contribution in [1.82, 2.24) is 19.9 Å². The zero-order valence-electron chi connectivity index (χ0n) is 13.0. The van der Waals surface area contributed by atoms with Gasteiger partial charge in [-0.05, 0) is 39.7 Å². The molecule has 0 atom stereocenters. The molecular formula is C18H13BrN4O2. The molecular weight excluding hydrogens is 384 g/mol. The molecule has 1 aromatic carbocycles. The van der Waals surface area contributed by atoms with Gasteiger partial charge in [0, 0.05) is 30.5 Å². The number of furan rings is 1. The first-order valence-electron chi connectivity index (χ1n) is 7.60. The van der Waals surface area contributed by atoms with Gasteiger partial charge in [0.2, 0.25) is 0 Å². The maximum atomic E-state index is 12.3. The number of halogens is 1. The number of fused-ring (bicyclic) bond motifs is 1. The summed E-state index contributed by atoms with van der Waals surface area (Å²) in [7, 11) is 0. The molecule has 0 aliphatic rings. The predicted molar refractivity (Wildman–Crippen MR) is 96.4 cm³/mol. The van der Waals surface area contributed by atoms with Crippen molar-refractivity contribution >= 4 is 32.8 Å². The first kappa shape index (κ1) is 15.6. The highest BCUT2D eigenvalue weighted by Gasteiger charge is 2.13. The number of amides is 1. The molecule has 3 heterocycles. The van der Waals surface area contributed by atoms with Crippen molar-refractivity contribution < 1.29 is 9.21 Å². The van der Waals surface area contributed by atoms with E-state index in [-0.39, 0.29) is 11.7 Å². The fourth-order valence-electron chi connectivity index (χ4n) is 2.48. The molecule has 1 amide bonds. The third kappa shape index (κ3) is 3.18. The number of hydrogen-bond acceptors (Lipinski definition) is 4. The lowest BCUT2D eigenvalue weighted by molar-refractivity contribution is 0.0925. The van der Waals surface area contributed by atoms with E-state index in [1.165, 1.54) is 0 Å². The molecule has 4 rings (SSSR count). The van der Waals surface area contributed by atoms with Gasteiger partial charge in [0.05, 0.1) is 4.47 Å². The van der Waals surface area contributed by atoms with Crippen LogP contribution in [0.4, 0.5) is 0 Å². The summed E-state index contributed by atoms with van der Waals surface area (Å²) in [4.78, 5) is 20.7. The summed E-state index contributed by atoms with van der Waals surface area (Å²) < 4.78 is 8.27. The molecule has 25 heavy (non-hydrogen) atoms. The molecule has 0 unspecified atom stereocenters. The van der Waals surface area contributed by atoms with E-state index < -0.39 is 0 Å². The zero-order chi connectivity index (χ0) is 17.2. The van der Waals surface area contributed by atoms with E-state index in [9.17, 15) is 4.79 Å². The number of hydrogen-bond donors (Lipinski definition) is 1. The lowest BCUT2D eigenvalue weighted by Gasteiger charge is -2.05. The summed E-state index contributed by atoms with van der Waals surface area (Å²) in [6.07, 6.45) is 6.93. The maximum absolute atomic E-state index is 12.3. The van der Waals surface area contributed by atoms with Crippen LogP contribution in [0.25, 0.3) is 16.8 Å². The summed E-state index contributed by atoms with van der Waals surface area (Å²) in [6.45, 7) is 0.369. The Morgan fingerprint density at radius 1 is 1.28 bits per heavy atom. The second kappa shape index (κ2) is 6.52. The molecule has 0 saturated carbocycles. The number of imidazole rings is 1. The predicted octanol–water partition coefficient (Wildman–Crippen LogP) is 3.71. The van der Waals surface area contributed by atoms with Gasteiger partial charge in [0.25, 0.3) is 5.91 Å². The van der Waals surface area contributed by atoms with Gasteiger partial charge in [-0.15, -0.1) is 0 Å². The van der Waals surface area contributed by atoms with Crippen LogP contribution in [0.3, 0.4) is 0 Å². The first-order chi connectivity index (χ1) is 12.2. The first-order valence-corrected chi connectivity index (χ1v) is 8.39. The summed E-state index contributed by atoms with van der Waals surface area (Å²) in [5, 5.41) is 3.72. The van der Waals surface area contributed by atoms with Crippen LogP contribution < -0.4 is 5.32 Å². The minimum atomic E-state index is -0.262. The number of para-hydroxylation sites is 1. The molecule has 0 aliphatic heterocycles. The second-order valence-electron chi connectivity index (χ2n) is 5.45. The van der Waals surface area contributed by atoms with Crippen LogP contribution in [0.2, 0.25) is 0 Å². The molecule has 1 N–H and O–H groups in total. The van der Waals surface area contributed by atoms with Crippen molar-refractivity contribution in [2.24, 2.45) is 0 Å². The van der Waals surface area contributed by atoms with Crippen LogP contribution in [0.1, 0.15) is 16.1 Å². The van der Waals surface area contributed by atoms with Gasteiger partial charge in [-0.1, -0.05) is 18.2 Å². The van der Waals surface area contributed by atoms with Gasteiger partial charge in [-0.25, -0.2) is 9.97 Å². The minimum Gasteiger partial charge on any atom is -0.450 e. The van der Waals surface area contributed by atoms with Crippen LogP contribution in [0.15, 0.2) is 70.2 Å². The number of nitrogens with one attached hydrogen (secondary N) is 1. The summed E-state index contributed by atoms with van der Waals surface area (Å²) in [6, 6.07) is 11.2. The highest BCUT2D eigenvalue weighted by molar-refractivity contribution is 9.10. The molecule has 0 saturated heterocycles. The number of aromatic nitrogens is 3. The Bertz CT molecular complexity index is 1020. The largest absolute Gasteiger partial charge is 0.450 e. The molecule has 3 aromatic heterocycles. The molecule has 0 radical (unpaired) electrons. The maximum Gasteiger partial charge on any atom is 0.287 e. The van der Waals surface area contributed by atoms with Crippen LogP contribution in [0.5, 0.6) is 0 Å². The Balaban J connectivity index is 1.45. The lowest BCUT2D eigenvalue weighted by Crippen LogP contribution is -2.22. The molecule has 4 aromatic rings. The number of benzene rings is 1. The number of pyridine rings is 1. The molecule has 0 spiro atoms. The minimum absolute atomic E-state index is 0.262. The van der Waals surface area contributed by atoms with E-state index in [4.69, 9.17) is 4.42 Å². The summed E-state index contributed by atoms with van der Waals surface area (Å²) >= 11 is 3.42. The average Bonchev–Trinajstić information content (AvgIpc) is 3.30. The Labute approximate surface area is 151 Å². The van der Waals surface area contributed by atoms with Gasteiger partial charge in [-0.3, -0.25) is 9.36 Å². The fourth-order valence-corrected chi connectivity index (χ4v) is 2.94. The van der Waals surface area contributed by atoms with Crippen molar-refractivity contribution in [2.75, 3.05) is 0 Å². The van der Waals surface area contributed by atoms with E-state index in [0.29, 0.717) is 12.1 Å². The van der Waals surface area contributed by atoms with E-state index in [1.54, 1.807) is 24.8 Å². The van der Waals surface area contributed by atoms with Crippen LogP contribution in [0, 0.1) is 0 Å². The third-order valence-electron chi connectivity index (χ3n) is 3.75. The SMILES string of the molecule is O=C(NCc1ccc(-n2ccnc2)nc1)c1cc2cccc(Br)c2o1. The number of carbonyl (C=O) groups is 1. The van der Waals surface area contributed by atoms with Crippen LogP contribution in [-0.4, -0.2) is 20.4 Å². The monoisotopic (exact) mass is 396 g/mol. The average molecular weight is 397 g/mol. The standard InChI is InChI=1S/C18H13BrN4O2/c19-14-3-1-2-13-8-15(25-17(13)14)18(24)22-10-12-4-5-16(21-9-12)23-7-6-20-11-23/h1-9,11H,10H2,(H,22,24). The molecule has 124 valence electrons. The van der Waals surface area contributed by atoms with Crippen molar-refractivity contribution in [1.29, 1.82) is 0 Å². The van der Waals surface area contributed by atoms with Crippen molar-refractivity contribution in [3.05, 3.63) is 77.1 Å². The molecule has 7 heteroatoms. The molecule has 0 fully saturated rings. The van der Waals surface area contributed by atoms with E-state index >= 15 is 0 Å². The Morgan fingerprint density at radius 2 is 2.20 bits per heavy atom. The van der Waals surface area contributed by atoms with Crippen molar-refractivity contribution in [3.8, 4) is 5.82 Å².